The van der Waals surface area contributed by atoms with Gasteiger partial charge in [0.05, 0.1) is 0 Å². The normalized spacial score (nSPS) is 13.1. The molecule has 0 heterocycles. The Kier molecular flexibility index (Phi) is 14.4. The van der Waals surface area contributed by atoms with Crippen LogP contribution >= 0.6 is 0 Å². The molecular formula is C19H39. The van der Waals surface area contributed by atoms with Crippen molar-refractivity contribution >= 4 is 0 Å². The van der Waals surface area contributed by atoms with E-state index in [2.05, 4.69) is 27.7 Å². The van der Waals surface area contributed by atoms with Crippen molar-refractivity contribution in [3.05, 3.63) is 5.92 Å². The van der Waals surface area contributed by atoms with Gasteiger partial charge >= 0.3 is 0 Å². The number of hydrogen-bond acceptors (Lipinski definition) is 0. The lowest BCUT2D eigenvalue weighted by Crippen LogP contribution is -2.05. The Balaban J connectivity index is 3.35. The fourth-order valence-corrected chi connectivity index (χ4v) is 2.73. The standard InChI is InChI=1S/C19H39/c1-5-7-9-11-13-15-17-19(4)18(3)16-14-12-10-8-6-2/h18H,5-17H2,1-4H3. The molecule has 0 heteroatoms. The summed E-state index contributed by atoms with van der Waals surface area (Å²) in [7, 11) is 0. The van der Waals surface area contributed by atoms with Crippen molar-refractivity contribution in [3.8, 4) is 0 Å². The van der Waals surface area contributed by atoms with E-state index < -0.39 is 0 Å². The van der Waals surface area contributed by atoms with E-state index in [1.165, 1.54) is 83.5 Å². The van der Waals surface area contributed by atoms with Gasteiger partial charge < -0.3 is 0 Å². The Bertz CT molecular complexity index is 161. The summed E-state index contributed by atoms with van der Waals surface area (Å²) in [5.41, 5.74) is 0. The van der Waals surface area contributed by atoms with Crippen molar-refractivity contribution in [2.75, 3.05) is 0 Å². The topological polar surface area (TPSA) is 0 Å². The van der Waals surface area contributed by atoms with E-state index in [0.29, 0.717) is 0 Å². The second kappa shape index (κ2) is 14.4. The first-order valence-electron chi connectivity index (χ1n) is 9.04. The summed E-state index contributed by atoms with van der Waals surface area (Å²) in [5.74, 6) is 2.61. The van der Waals surface area contributed by atoms with Crippen molar-refractivity contribution in [2.24, 2.45) is 5.92 Å². The molecule has 0 aliphatic heterocycles. The van der Waals surface area contributed by atoms with Crippen LogP contribution in [0.1, 0.15) is 111 Å². The van der Waals surface area contributed by atoms with Crippen molar-refractivity contribution in [1.29, 1.82) is 0 Å². The minimum absolute atomic E-state index is 0.859. The zero-order valence-corrected chi connectivity index (χ0v) is 14.3. The predicted octanol–water partition coefficient (Wildman–Crippen LogP) is 7.33. The molecule has 0 amide bonds. The highest BCUT2D eigenvalue weighted by molar-refractivity contribution is 4.89. The fourth-order valence-electron chi connectivity index (χ4n) is 2.73. The van der Waals surface area contributed by atoms with Crippen LogP contribution in [0.3, 0.4) is 0 Å². The maximum absolute atomic E-state index is 2.44. The van der Waals surface area contributed by atoms with Gasteiger partial charge in [0.15, 0.2) is 0 Å². The average molecular weight is 268 g/mol. The highest BCUT2D eigenvalue weighted by Crippen LogP contribution is 2.25. The molecule has 0 saturated carbocycles. The van der Waals surface area contributed by atoms with Crippen LogP contribution in [0.25, 0.3) is 0 Å². The van der Waals surface area contributed by atoms with Crippen LogP contribution in [0.5, 0.6) is 0 Å². The molecule has 0 saturated heterocycles. The van der Waals surface area contributed by atoms with E-state index in [1.54, 1.807) is 5.92 Å². The van der Waals surface area contributed by atoms with Gasteiger partial charge in [0, 0.05) is 0 Å². The molecular weight excluding hydrogens is 228 g/mol. The van der Waals surface area contributed by atoms with Crippen LogP contribution in [0, 0.1) is 11.8 Å². The Morgan fingerprint density at radius 3 is 1.74 bits per heavy atom. The van der Waals surface area contributed by atoms with Gasteiger partial charge in [-0.1, -0.05) is 105 Å². The van der Waals surface area contributed by atoms with Gasteiger partial charge in [0.25, 0.3) is 0 Å². The highest BCUT2D eigenvalue weighted by atomic mass is 14.2. The first kappa shape index (κ1) is 19.0. The van der Waals surface area contributed by atoms with Gasteiger partial charge in [-0.3, -0.25) is 0 Å². The number of hydrogen-bond donors (Lipinski definition) is 0. The van der Waals surface area contributed by atoms with E-state index in [4.69, 9.17) is 0 Å². The summed E-state index contributed by atoms with van der Waals surface area (Å²) < 4.78 is 0. The quantitative estimate of drug-likeness (QED) is 0.289. The van der Waals surface area contributed by atoms with Crippen molar-refractivity contribution in [1.82, 2.24) is 0 Å². The van der Waals surface area contributed by atoms with Crippen molar-refractivity contribution in [2.45, 2.75) is 111 Å². The average Bonchev–Trinajstić information content (AvgIpc) is 2.42. The lowest BCUT2D eigenvalue weighted by Gasteiger charge is -2.19. The van der Waals surface area contributed by atoms with Gasteiger partial charge in [-0.15, -0.1) is 0 Å². The molecule has 0 aromatic heterocycles. The second-order valence-corrected chi connectivity index (χ2v) is 6.47. The monoisotopic (exact) mass is 267 g/mol. The fraction of sp³-hybridized carbons (Fsp3) is 0.947. The third kappa shape index (κ3) is 12.8. The van der Waals surface area contributed by atoms with Gasteiger partial charge in [0.1, 0.15) is 0 Å². The number of rotatable bonds is 14. The van der Waals surface area contributed by atoms with Gasteiger partial charge in [-0.25, -0.2) is 0 Å². The van der Waals surface area contributed by atoms with Gasteiger partial charge in [-0.2, -0.15) is 0 Å². The lowest BCUT2D eigenvalue weighted by molar-refractivity contribution is 0.465. The molecule has 0 bridgehead atoms. The first-order valence-corrected chi connectivity index (χ1v) is 9.04. The molecule has 0 aliphatic rings. The van der Waals surface area contributed by atoms with Crippen molar-refractivity contribution < 1.29 is 0 Å². The van der Waals surface area contributed by atoms with E-state index in [0.717, 1.165) is 5.92 Å². The predicted molar refractivity (Wildman–Crippen MR) is 89.5 cm³/mol. The van der Waals surface area contributed by atoms with E-state index >= 15 is 0 Å². The molecule has 0 fully saturated rings. The van der Waals surface area contributed by atoms with E-state index in [-0.39, 0.29) is 0 Å². The SMILES string of the molecule is CCCCCCCC[C](C)C(C)CCCCCCC. The third-order valence-corrected chi connectivity index (χ3v) is 4.51. The van der Waals surface area contributed by atoms with Crippen LogP contribution in [-0.2, 0) is 0 Å². The summed E-state index contributed by atoms with van der Waals surface area (Å²) >= 11 is 0. The maximum Gasteiger partial charge on any atom is -0.0244 e. The van der Waals surface area contributed by atoms with Crippen LogP contribution < -0.4 is 0 Å². The second-order valence-electron chi connectivity index (χ2n) is 6.47. The van der Waals surface area contributed by atoms with Crippen molar-refractivity contribution in [3.63, 3.8) is 0 Å². The maximum atomic E-state index is 2.44. The smallest absolute Gasteiger partial charge is 0.0244 e. The Labute approximate surface area is 123 Å². The summed E-state index contributed by atoms with van der Waals surface area (Å²) in [6.45, 7) is 9.41. The summed E-state index contributed by atoms with van der Waals surface area (Å²) in [5, 5.41) is 0. The molecule has 0 spiro atoms. The Morgan fingerprint density at radius 2 is 1.16 bits per heavy atom. The minimum atomic E-state index is 0.859. The van der Waals surface area contributed by atoms with Crippen LogP contribution in [0.15, 0.2) is 0 Å². The van der Waals surface area contributed by atoms with Crippen LogP contribution in [-0.4, -0.2) is 0 Å². The zero-order valence-electron chi connectivity index (χ0n) is 14.3. The Hall–Kier alpha value is 0. The third-order valence-electron chi connectivity index (χ3n) is 4.51. The Morgan fingerprint density at radius 1 is 0.684 bits per heavy atom. The molecule has 1 radical (unpaired) electrons. The summed E-state index contributed by atoms with van der Waals surface area (Å²) in [4.78, 5) is 0. The molecule has 0 aliphatic carbocycles. The minimum Gasteiger partial charge on any atom is -0.0654 e. The molecule has 0 aromatic rings. The van der Waals surface area contributed by atoms with Crippen LogP contribution in [0.4, 0.5) is 0 Å². The first-order chi connectivity index (χ1) is 9.22. The summed E-state index contributed by atoms with van der Waals surface area (Å²) in [6, 6.07) is 0. The van der Waals surface area contributed by atoms with E-state index in [1.807, 2.05) is 0 Å². The molecule has 0 N–H and O–H groups in total. The molecule has 19 heavy (non-hydrogen) atoms. The van der Waals surface area contributed by atoms with Crippen LogP contribution in [0.2, 0.25) is 0 Å². The van der Waals surface area contributed by atoms with E-state index in [9.17, 15) is 0 Å². The zero-order chi connectivity index (χ0) is 14.3. The lowest BCUT2D eigenvalue weighted by atomic mass is 9.86. The van der Waals surface area contributed by atoms with Gasteiger partial charge in [0.2, 0.25) is 0 Å². The summed E-state index contributed by atoms with van der Waals surface area (Å²) in [6.07, 6.45) is 18.5. The van der Waals surface area contributed by atoms with Gasteiger partial charge in [-0.05, 0) is 18.3 Å². The molecule has 0 rings (SSSR count). The molecule has 1 unspecified atom stereocenters. The molecule has 1 atom stereocenters. The number of unbranched alkanes of at least 4 members (excludes halogenated alkanes) is 9. The molecule has 115 valence electrons. The molecule has 0 nitrogen and oxygen atoms in total. The highest BCUT2D eigenvalue weighted by Gasteiger charge is 2.11. The largest absolute Gasteiger partial charge is 0.0654 e. The molecule has 0 aromatic carbocycles.